The summed E-state index contributed by atoms with van der Waals surface area (Å²) in [5.41, 5.74) is 1.75. The Morgan fingerprint density at radius 1 is 1.35 bits per heavy atom. The van der Waals surface area contributed by atoms with Gasteiger partial charge < -0.3 is 9.80 Å². The first-order chi connectivity index (χ1) is 9.67. The van der Waals surface area contributed by atoms with E-state index in [0.717, 1.165) is 48.1 Å². The van der Waals surface area contributed by atoms with Crippen molar-refractivity contribution in [3.63, 3.8) is 0 Å². The van der Waals surface area contributed by atoms with Gasteiger partial charge in [-0.1, -0.05) is 13.0 Å². The molecule has 0 saturated carbocycles. The van der Waals surface area contributed by atoms with Crippen molar-refractivity contribution >= 4 is 23.4 Å². The smallest absolute Gasteiger partial charge is 0.219 e. The quantitative estimate of drug-likeness (QED) is 0.801. The average Bonchev–Trinajstić information content (AvgIpc) is 2.47. The van der Waals surface area contributed by atoms with Crippen molar-refractivity contribution in [2.45, 2.75) is 18.7 Å². The standard InChI is InChI=1S/C15H19N3OS/c1-3-20-15-6-4-5-14(13(15)11-16)18-9-7-17(8-10-18)12(2)19/h4-6H,3,7-10H2,1-2H3. The highest BCUT2D eigenvalue weighted by Gasteiger charge is 2.21. The third kappa shape index (κ3) is 3.07. The normalized spacial score (nSPS) is 15.1. The third-order valence-electron chi connectivity index (χ3n) is 3.48. The number of anilines is 1. The molecular formula is C15H19N3OS. The van der Waals surface area contributed by atoms with Gasteiger partial charge in [-0.2, -0.15) is 5.26 Å². The van der Waals surface area contributed by atoms with E-state index in [-0.39, 0.29) is 5.91 Å². The van der Waals surface area contributed by atoms with Crippen LogP contribution >= 0.6 is 11.8 Å². The summed E-state index contributed by atoms with van der Waals surface area (Å²) in [6.07, 6.45) is 0. The summed E-state index contributed by atoms with van der Waals surface area (Å²) in [7, 11) is 0. The molecule has 0 unspecified atom stereocenters. The lowest BCUT2D eigenvalue weighted by molar-refractivity contribution is -0.129. The maximum absolute atomic E-state index is 11.4. The van der Waals surface area contributed by atoms with Crippen LogP contribution in [-0.4, -0.2) is 42.7 Å². The summed E-state index contributed by atoms with van der Waals surface area (Å²) in [4.78, 5) is 16.5. The molecule has 0 bridgehead atoms. The summed E-state index contributed by atoms with van der Waals surface area (Å²) in [6.45, 7) is 6.72. The summed E-state index contributed by atoms with van der Waals surface area (Å²) in [5.74, 6) is 1.08. The van der Waals surface area contributed by atoms with Crippen LogP contribution in [0.2, 0.25) is 0 Å². The topological polar surface area (TPSA) is 47.3 Å². The first-order valence-electron chi connectivity index (χ1n) is 6.83. The van der Waals surface area contributed by atoms with Crippen molar-refractivity contribution in [1.29, 1.82) is 5.26 Å². The Morgan fingerprint density at radius 2 is 2.05 bits per heavy atom. The Labute approximate surface area is 124 Å². The van der Waals surface area contributed by atoms with Crippen molar-refractivity contribution < 1.29 is 4.79 Å². The Balaban J connectivity index is 2.20. The first-order valence-corrected chi connectivity index (χ1v) is 7.82. The number of benzene rings is 1. The number of thioether (sulfide) groups is 1. The van der Waals surface area contributed by atoms with Gasteiger partial charge in [0.05, 0.1) is 11.3 Å². The van der Waals surface area contributed by atoms with Gasteiger partial charge in [0.15, 0.2) is 0 Å². The highest BCUT2D eigenvalue weighted by Crippen LogP contribution is 2.30. The number of nitrogens with zero attached hydrogens (tertiary/aromatic N) is 3. The molecule has 5 heteroatoms. The SMILES string of the molecule is CCSc1cccc(N2CCN(C(C)=O)CC2)c1C#N. The highest BCUT2D eigenvalue weighted by atomic mass is 32.2. The number of rotatable bonds is 3. The second kappa shape index (κ2) is 6.67. The van der Waals surface area contributed by atoms with E-state index in [1.54, 1.807) is 18.7 Å². The van der Waals surface area contributed by atoms with Crippen LogP contribution in [0, 0.1) is 11.3 Å². The molecule has 1 aliphatic rings. The van der Waals surface area contributed by atoms with Crippen LogP contribution in [0.25, 0.3) is 0 Å². The lowest BCUT2D eigenvalue weighted by Crippen LogP contribution is -2.48. The second-order valence-electron chi connectivity index (χ2n) is 4.69. The maximum Gasteiger partial charge on any atom is 0.219 e. The van der Waals surface area contributed by atoms with Crippen molar-refractivity contribution in [3.05, 3.63) is 23.8 Å². The van der Waals surface area contributed by atoms with Gasteiger partial charge in [0.2, 0.25) is 5.91 Å². The molecule has 1 aliphatic heterocycles. The highest BCUT2D eigenvalue weighted by molar-refractivity contribution is 7.99. The lowest BCUT2D eigenvalue weighted by atomic mass is 10.1. The van der Waals surface area contributed by atoms with Crippen LogP contribution < -0.4 is 4.90 Å². The van der Waals surface area contributed by atoms with Gasteiger partial charge in [-0.25, -0.2) is 0 Å². The predicted octanol–water partition coefficient (Wildman–Crippen LogP) is 2.34. The molecule has 0 radical (unpaired) electrons. The summed E-state index contributed by atoms with van der Waals surface area (Å²) >= 11 is 1.70. The van der Waals surface area contributed by atoms with Gasteiger partial charge in [0.1, 0.15) is 6.07 Å². The molecule has 20 heavy (non-hydrogen) atoms. The van der Waals surface area contributed by atoms with Crippen molar-refractivity contribution in [3.8, 4) is 6.07 Å². The first kappa shape index (κ1) is 14.7. The minimum absolute atomic E-state index is 0.125. The van der Waals surface area contributed by atoms with E-state index in [2.05, 4.69) is 17.9 Å². The van der Waals surface area contributed by atoms with Gasteiger partial charge >= 0.3 is 0 Å². The molecule has 4 nitrogen and oxygen atoms in total. The number of carbonyl (C=O) groups excluding carboxylic acids is 1. The molecular weight excluding hydrogens is 270 g/mol. The second-order valence-corrected chi connectivity index (χ2v) is 5.99. The zero-order valence-electron chi connectivity index (χ0n) is 11.9. The number of nitriles is 1. The number of amides is 1. The molecule has 0 spiro atoms. The molecule has 2 rings (SSSR count). The Bertz CT molecular complexity index is 530. The van der Waals surface area contributed by atoms with Gasteiger partial charge in [-0.15, -0.1) is 11.8 Å². The molecule has 1 aromatic carbocycles. The molecule has 0 N–H and O–H groups in total. The van der Waals surface area contributed by atoms with E-state index < -0.39 is 0 Å². The third-order valence-corrected chi connectivity index (χ3v) is 4.42. The number of carbonyl (C=O) groups is 1. The largest absolute Gasteiger partial charge is 0.367 e. The fourth-order valence-electron chi connectivity index (χ4n) is 2.43. The number of hydrogen-bond donors (Lipinski definition) is 0. The van der Waals surface area contributed by atoms with Crippen molar-refractivity contribution in [2.24, 2.45) is 0 Å². The minimum Gasteiger partial charge on any atom is -0.367 e. The van der Waals surface area contributed by atoms with Crippen LogP contribution in [0.4, 0.5) is 5.69 Å². The van der Waals surface area contributed by atoms with E-state index in [4.69, 9.17) is 0 Å². The molecule has 1 fully saturated rings. The average molecular weight is 289 g/mol. The van der Waals surface area contributed by atoms with Crippen LogP contribution in [0.5, 0.6) is 0 Å². The molecule has 106 valence electrons. The molecule has 1 aromatic rings. The predicted molar refractivity (Wildman–Crippen MR) is 82.0 cm³/mol. The summed E-state index contributed by atoms with van der Waals surface area (Å²) < 4.78 is 0. The van der Waals surface area contributed by atoms with E-state index in [9.17, 15) is 10.1 Å². The molecule has 0 aromatic heterocycles. The van der Waals surface area contributed by atoms with Crippen LogP contribution in [0.3, 0.4) is 0 Å². The van der Waals surface area contributed by atoms with Crippen molar-refractivity contribution in [1.82, 2.24) is 4.90 Å². The monoisotopic (exact) mass is 289 g/mol. The lowest BCUT2D eigenvalue weighted by Gasteiger charge is -2.36. The molecule has 0 atom stereocenters. The van der Waals surface area contributed by atoms with Crippen molar-refractivity contribution in [2.75, 3.05) is 36.8 Å². The molecule has 1 saturated heterocycles. The van der Waals surface area contributed by atoms with Gasteiger partial charge in [-0.3, -0.25) is 4.79 Å². The van der Waals surface area contributed by atoms with Gasteiger partial charge in [-0.05, 0) is 17.9 Å². The van der Waals surface area contributed by atoms with Gasteiger partial charge in [0, 0.05) is 38.0 Å². The molecule has 0 aliphatic carbocycles. The number of piperazine rings is 1. The summed E-state index contributed by atoms with van der Waals surface area (Å²) in [6, 6.07) is 8.35. The zero-order valence-corrected chi connectivity index (χ0v) is 12.7. The van der Waals surface area contributed by atoms with Crippen LogP contribution in [-0.2, 0) is 4.79 Å². The van der Waals surface area contributed by atoms with E-state index in [1.807, 2.05) is 23.1 Å². The van der Waals surface area contributed by atoms with E-state index in [0.29, 0.717) is 0 Å². The minimum atomic E-state index is 0.125. The Hall–Kier alpha value is -1.67. The number of hydrogen-bond acceptors (Lipinski definition) is 4. The zero-order chi connectivity index (χ0) is 14.5. The van der Waals surface area contributed by atoms with Crippen LogP contribution in [0.15, 0.2) is 23.1 Å². The van der Waals surface area contributed by atoms with E-state index in [1.165, 1.54) is 0 Å². The Kier molecular flexibility index (Phi) is 4.91. The van der Waals surface area contributed by atoms with Crippen LogP contribution in [0.1, 0.15) is 19.4 Å². The summed E-state index contributed by atoms with van der Waals surface area (Å²) in [5, 5.41) is 9.44. The maximum atomic E-state index is 11.4. The Morgan fingerprint density at radius 3 is 2.60 bits per heavy atom. The van der Waals surface area contributed by atoms with E-state index >= 15 is 0 Å². The fourth-order valence-corrected chi connectivity index (χ4v) is 3.21. The fraction of sp³-hybridized carbons (Fsp3) is 0.467. The molecule has 1 amide bonds. The molecule has 1 heterocycles. The van der Waals surface area contributed by atoms with Gasteiger partial charge in [0.25, 0.3) is 0 Å².